The fourth-order valence-corrected chi connectivity index (χ4v) is 3.23. The van der Waals surface area contributed by atoms with Crippen LogP contribution in [0.3, 0.4) is 0 Å². The molecule has 0 spiro atoms. The Kier molecular flexibility index (Phi) is 4.02. The lowest BCUT2D eigenvalue weighted by Crippen LogP contribution is -2.26. The van der Waals surface area contributed by atoms with Crippen LogP contribution in [0.1, 0.15) is 5.82 Å². The molecule has 1 aliphatic heterocycles. The predicted octanol–water partition coefficient (Wildman–Crippen LogP) is 4.24. The molecule has 1 aliphatic rings. The molecule has 6 nitrogen and oxygen atoms in total. The zero-order chi connectivity index (χ0) is 20.1. The molecule has 2 aromatic carbocycles. The van der Waals surface area contributed by atoms with Crippen molar-refractivity contribution in [2.45, 2.75) is 6.36 Å². The number of halogens is 3. The van der Waals surface area contributed by atoms with Gasteiger partial charge in [-0.3, -0.25) is 5.41 Å². The Bertz CT molecular complexity index is 1100. The van der Waals surface area contributed by atoms with Crippen LogP contribution in [0.4, 0.5) is 18.9 Å². The average Bonchev–Trinajstić information content (AvgIpc) is 3.11. The number of aliphatic hydroxyl groups excluding tert-OH is 1. The number of anilines is 1. The monoisotopic (exact) mass is 388 g/mol. The summed E-state index contributed by atoms with van der Waals surface area (Å²) in [7, 11) is 1.80. The molecular weight excluding hydrogens is 373 g/mol. The van der Waals surface area contributed by atoms with E-state index in [1.54, 1.807) is 11.6 Å². The van der Waals surface area contributed by atoms with Gasteiger partial charge in [-0.25, -0.2) is 4.98 Å². The minimum atomic E-state index is -4.77. The van der Waals surface area contributed by atoms with Crippen LogP contribution in [0.2, 0.25) is 0 Å². The van der Waals surface area contributed by atoms with E-state index in [0.29, 0.717) is 11.5 Å². The second kappa shape index (κ2) is 6.29. The number of ether oxygens (including phenoxy) is 1. The molecule has 1 aromatic heterocycles. The number of nitrogens with one attached hydrogen (secondary N) is 1. The lowest BCUT2D eigenvalue weighted by atomic mass is 10.2. The maximum absolute atomic E-state index is 12.3. The summed E-state index contributed by atoms with van der Waals surface area (Å²) in [6, 6.07) is 12.6. The molecule has 0 fully saturated rings. The fourth-order valence-electron chi connectivity index (χ4n) is 3.23. The average molecular weight is 388 g/mol. The van der Waals surface area contributed by atoms with Crippen LogP contribution in [0.25, 0.3) is 16.6 Å². The van der Waals surface area contributed by atoms with Crippen molar-refractivity contribution in [1.29, 1.82) is 5.41 Å². The minimum Gasteiger partial charge on any atom is -0.509 e. The number of rotatable bonds is 3. The molecule has 0 saturated heterocycles. The van der Waals surface area contributed by atoms with E-state index in [0.717, 1.165) is 11.0 Å². The molecule has 0 atom stereocenters. The maximum Gasteiger partial charge on any atom is 0.573 e. The first-order valence-corrected chi connectivity index (χ1v) is 8.31. The number of amidine groups is 1. The number of aryl methyl sites for hydroxylation is 1. The van der Waals surface area contributed by atoms with Gasteiger partial charge in [0, 0.05) is 12.7 Å². The molecule has 0 saturated carbocycles. The van der Waals surface area contributed by atoms with E-state index < -0.39 is 6.36 Å². The number of alkyl halides is 3. The molecule has 3 aromatic rings. The van der Waals surface area contributed by atoms with Crippen LogP contribution in [0.15, 0.2) is 54.3 Å². The van der Waals surface area contributed by atoms with Gasteiger partial charge in [0.1, 0.15) is 23.2 Å². The van der Waals surface area contributed by atoms with E-state index in [1.807, 2.05) is 24.3 Å². The van der Waals surface area contributed by atoms with Crippen molar-refractivity contribution in [3.05, 3.63) is 60.1 Å². The molecule has 144 valence electrons. The minimum absolute atomic E-state index is 0.0143. The van der Waals surface area contributed by atoms with Crippen LogP contribution in [-0.4, -0.2) is 33.4 Å². The predicted molar refractivity (Wildman–Crippen MR) is 98.5 cm³/mol. The Labute approximate surface area is 157 Å². The van der Waals surface area contributed by atoms with Crippen LogP contribution in [-0.2, 0) is 7.05 Å². The van der Waals surface area contributed by atoms with E-state index in [-0.39, 0.29) is 29.5 Å². The first-order valence-electron chi connectivity index (χ1n) is 8.31. The number of fused-ring (bicyclic) bond motifs is 1. The van der Waals surface area contributed by atoms with Crippen molar-refractivity contribution in [1.82, 2.24) is 9.55 Å². The lowest BCUT2D eigenvalue weighted by Gasteiger charge is -2.19. The van der Waals surface area contributed by atoms with E-state index in [9.17, 15) is 18.3 Å². The number of hydrogen-bond donors (Lipinski definition) is 2. The smallest absolute Gasteiger partial charge is 0.509 e. The van der Waals surface area contributed by atoms with Crippen molar-refractivity contribution in [2.24, 2.45) is 7.05 Å². The van der Waals surface area contributed by atoms with Crippen LogP contribution in [0, 0.1) is 5.41 Å². The van der Waals surface area contributed by atoms with Gasteiger partial charge in [-0.15, -0.1) is 13.2 Å². The Hall–Kier alpha value is -3.49. The van der Waals surface area contributed by atoms with Crippen LogP contribution in [0.5, 0.6) is 5.75 Å². The van der Waals surface area contributed by atoms with Crippen molar-refractivity contribution >= 4 is 28.1 Å². The molecule has 0 bridgehead atoms. The summed E-state index contributed by atoms with van der Waals surface area (Å²) in [6.07, 6.45) is -4.77. The van der Waals surface area contributed by atoms with E-state index >= 15 is 0 Å². The molecule has 0 aliphatic carbocycles. The molecule has 28 heavy (non-hydrogen) atoms. The topological polar surface area (TPSA) is 74.4 Å². The number of para-hydroxylation sites is 2. The van der Waals surface area contributed by atoms with Gasteiger partial charge >= 0.3 is 6.36 Å². The second-order valence-corrected chi connectivity index (χ2v) is 6.28. The maximum atomic E-state index is 12.3. The SMILES string of the molecule is Cn1c(C2=C(O)CN(c3ccc(OC(F)(F)F)cc3)C2=N)nc2ccccc21. The van der Waals surface area contributed by atoms with Crippen LogP contribution >= 0.6 is 0 Å². The van der Waals surface area contributed by atoms with E-state index in [4.69, 9.17) is 5.41 Å². The number of nitrogens with zero attached hydrogens (tertiary/aromatic N) is 3. The van der Waals surface area contributed by atoms with Crippen molar-refractivity contribution in [3.8, 4) is 5.75 Å². The number of imidazole rings is 1. The van der Waals surface area contributed by atoms with Gasteiger partial charge in [0.25, 0.3) is 0 Å². The van der Waals surface area contributed by atoms with Crippen molar-refractivity contribution in [3.63, 3.8) is 0 Å². The summed E-state index contributed by atoms with van der Waals surface area (Å²) in [5, 5.41) is 19.0. The van der Waals surface area contributed by atoms with Gasteiger partial charge in [-0.2, -0.15) is 0 Å². The third-order valence-electron chi connectivity index (χ3n) is 4.50. The van der Waals surface area contributed by atoms with Crippen molar-refractivity contribution in [2.75, 3.05) is 11.4 Å². The number of benzene rings is 2. The molecule has 2 N–H and O–H groups in total. The van der Waals surface area contributed by atoms with E-state index in [1.165, 1.54) is 29.2 Å². The lowest BCUT2D eigenvalue weighted by molar-refractivity contribution is -0.274. The van der Waals surface area contributed by atoms with Gasteiger partial charge in [0.15, 0.2) is 0 Å². The summed E-state index contributed by atoms with van der Waals surface area (Å²) in [5.74, 6) is 0.0809. The third kappa shape index (κ3) is 3.04. The van der Waals surface area contributed by atoms with Gasteiger partial charge < -0.3 is 19.3 Å². The summed E-state index contributed by atoms with van der Waals surface area (Å²) < 4.78 is 42.6. The molecule has 2 heterocycles. The standard InChI is InChI=1S/C19H15F3N4O2/c1-25-14-5-3-2-4-13(14)24-18(25)16-15(27)10-26(17(16)23)11-6-8-12(9-7-11)28-19(20,21)22/h2-9,23,27H,10H2,1H3. The number of aliphatic hydroxyl groups is 1. The first kappa shape index (κ1) is 17.9. The molecule has 0 radical (unpaired) electrons. The Balaban J connectivity index is 1.64. The summed E-state index contributed by atoms with van der Waals surface area (Å²) in [4.78, 5) is 6.00. The highest BCUT2D eigenvalue weighted by Gasteiger charge is 2.33. The highest BCUT2D eigenvalue weighted by Crippen LogP contribution is 2.33. The largest absolute Gasteiger partial charge is 0.573 e. The third-order valence-corrected chi connectivity index (χ3v) is 4.50. The first-order chi connectivity index (χ1) is 13.2. The van der Waals surface area contributed by atoms with Crippen LogP contribution < -0.4 is 9.64 Å². The summed E-state index contributed by atoms with van der Waals surface area (Å²) in [5.41, 5.74) is 2.34. The highest BCUT2D eigenvalue weighted by molar-refractivity contribution is 6.30. The normalized spacial score (nSPS) is 15.0. The quantitative estimate of drug-likeness (QED) is 0.704. The summed E-state index contributed by atoms with van der Waals surface area (Å²) >= 11 is 0. The molecule has 0 amide bonds. The number of hydrogen-bond acceptors (Lipinski definition) is 4. The van der Waals surface area contributed by atoms with Gasteiger partial charge in [-0.05, 0) is 36.4 Å². The molecule has 4 rings (SSSR count). The van der Waals surface area contributed by atoms with Gasteiger partial charge in [0.05, 0.1) is 23.2 Å². The van der Waals surface area contributed by atoms with Gasteiger partial charge in [0.2, 0.25) is 0 Å². The van der Waals surface area contributed by atoms with Gasteiger partial charge in [-0.1, -0.05) is 12.1 Å². The Morgan fingerprint density at radius 3 is 2.43 bits per heavy atom. The molecular formula is C19H15F3N4O2. The zero-order valence-corrected chi connectivity index (χ0v) is 14.7. The number of aromatic nitrogens is 2. The van der Waals surface area contributed by atoms with E-state index in [2.05, 4.69) is 9.72 Å². The molecule has 0 unspecified atom stereocenters. The second-order valence-electron chi connectivity index (χ2n) is 6.28. The Morgan fingerprint density at radius 1 is 1.11 bits per heavy atom. The van der Waals surface area contributed by atoms with Crippen molar-refractivity contribution < 1.29 is 23.0 Å². The fraction of sp³-hybridized carbons (Fsp3) is 0.158. The molecule has 9 heteroatoms. The Morgan fingerprint density at radius 2 is 1.79 bits per heavy atom. The highest BCUT2D eigenvalue weighted by atomic mass is 19.4. The summed E-state index contributed by atoms with van der Waals surface area (Å²) in [6.45, 7) is 0.0246. The zero-order valence-electron chi connectivity index (χ0n) is 14.7.